The highest BCUT2D eigenvalue weighted by Crippen LogP contribution is 2.44. The molecule has 9 heteroatoms. The zero-order valence-electron chi connectivity index (χ0n) is 21.5. The molecule has 0 aliphatic carbocycles. The number of carbonyl (C=O) groups is 1. The van der Waals surface area contributed by atoms with Gasteiger partial charge < -0.3 is 19.9 Å². The largest absolute Gasteiger partial charge is 0.573 e. The summed E-state index contributed by atoms with van der Waals surface area (Å²) in [5, 5.41) is 13.6. The summed E-state index contributed by atoms with van der Waals surface area (Å²) in [5.74, 6) is -1.46. The number of piperidine rings is 3. The van der Waals surface area contributed by atoms with Gasteiger partial charge in [0, 0.05) is 36.7 Å². The number of fused-ring (bicyclic) bond motifs is 3. The maximum Gasteiger partial charge on any atom is 0.573 e. The number of aliphatic carboxylic acids is 1. The van der Waals surface area contributed by atoms with E-state index in [2.05, 4.69) is 39.2 Å². The van der Waals surface area contributed by atoms with Gasteiger partial charge in [0.1, 0.15) is 11.5 Å². The van der Waals surface area contributed by atoms with Crippen LogP contribution >= 0.6 is 0 Å². The fraction of sp³-hybridized carbons (Fsp3) is 0.367. The van der Waals surface area contributed by atoms with Crippen LogP contribution in [-0.4, -0.2) is 54.6 Å². The maximum absolute atomic E-state index is 12.9. The Morgan fingerprint density at radius 2 is 1.69 bits per heavy atom. The first-order valence-electron chi connectivity index (χ1n) is 13.0. The van der Waals surface area contributed by atoms with Gasteiger partial charge in [-0.05, 0) is 48.2 Å². The van der Waals surface area contributed by atoms with E-state index in [0.29, 0.717) is 17.9 Å². The molecular formula is C30H31F3N2O4. The van der Waals surface area contributed by atoms with Crippen LogP contribution < -0.4 is 14.8 Å². The minimum Gasteiger partial charge on any atom is -0.496 e. The number of rotatable bonds is 9. The van der Waals surface area contributed by atoms with Crippen molar-refractivity contribution in [2.75, 3.05) is 20.2 Å². The molecule has 3 heterocycles. The van der Waals surface area contributed by atoms with Crippen LogP contribution in [0.1, 0.15) is 29.0 Å². The molecule has 0 aromatic heterocycles. The highest BCUT2D eigenvalue weighted by atomic mass is 19.4. The summed E-state index contributed by atoms with van der Waals surface area (Å²) >= 11 is 0. The first-order valence-corrected chi connectivity index (χ1v) is 13.0. The van der Waals surface area contributed by atoms with E-state index in [-0.39, 0.29) is 36.2 Å². The summed E-state index contributed by atoms with van der Waals surface area (Å²) in [6.07, 6.45) is -4.09. The van der Waals surface area contributed by atoms with Gasteiger partial charge in [0.2, 0.25) is 0 Å². The summed E-state index contributed by atoms with van der Waals surface area (Å²) in [4.78, 5) is 14.5. The molecule has 2 bridgehead atoms. The molecule has 1 unspecified atom stereocenters. The Morgan fingerprint density at radius 3 is 2.26 bits per heavy atom. The molecule has 206 valence electrons. The van der Waals surface area contributed by atoms with E-state index in [4.69, 9.17) is 4.74 Å². The second kappa shape index (κ2) is 11.3. The number of benzene rings is 3. The van der Waals surface area contributed by atoms with Crippen molar-refractivity contribution in [1.82, 2.24) is 10.2 Å². The number of methoxy groups -OCH3 is 1. The van der Waals surface area contributed by atoms with Gasteiger partial charge >= 0.3 is 12.3 Å². The quantitative estimate of drug-likeness (QED) is 0.385. The number of halogens is 3. The van der Waals surface area contributed by atoms with Crippen LogP contribution in [0.3, 0.4) is 0 Å². The Kier molecular flexibility index (Phi) is 7.81. The van der Waals surface area contributed by atoms with Crippen LogP contribution in [0, 0.1) is 11.8 Å². The smallest absolute Gasteiger partial charge is 0.496 e. The fourth-order valence-electron chi connectivity index (χ4n) is 6.35. The lowest BCUT2D eigenvalue weighted by atomic mass is 9.66. The van der Waals surface area contributed by atoms with Crippen molar-refractivity contribution >= 4 is 5.97 Å². The minimum absolute atomic E-state index is 0.0377. The number of carboxylic acids is 1. The number of nitrogens with zero attached hydrogens (tertiary/aromatic N) is 1. The lowest BCUT2D eigenvalue weighted by Crippen LogP contribution is -2.68. The molecule has 5 atom stereocenters. The first-order chi connectivity index (χ1) is 18.7. The third-order valence-electron chi connectivity index (χ3n) is 7.94. The van der Waals surface area contributed by atoms with E-state index >= 15 is 0 Å². The number of hydrogen-bond donors (Lipinski definition) is 2. The summed E-state index contributed by atoms with van der Waals surface area (Å²) < 4.78 is 48.2. The SMILES string of the molecule is COc1ccc(OC(F)(F)F)cc1CN[C@H]1[C@H]2CCN(C[C@@H]2C(=O)O)[C@@H]1C(c1ccccc1)c1ccccc1. The third kappa shape index (κ3) is 5.89. The number of carboxylic acid groups (broad SMARTS) is 1. The van der Waals surface area contributed by atoms with Gasteiger partial charge in [-0.25, -0.2) is 0 Å². The van der Waals surface area contributed by atoms with Gasteiger partial charge in [-0.2, -0.15) is 0 Å². The van der Waals surface area contributed by atoms with Gasteiger partial charge in [-0.3, -0.25) is 9.69 Å². The average molecular weight is 541 g/mol. The average Bonchev–Trinajstić information content (AvgIpc) is 2.93. The second-order valence-electron chi connectivity index (χ2n) is 10.1. The van der Waals surface area contributed by atoms with Crippen molar-refractivity contribution in [3.8, 4) is 11.5 Å². The first kappa shape index (κ1) is 27.0. The molecule has 0 amide bonds. The molecule has 0 saturated carbocycles. The van der Waals surface area contributed by atoms with Crippen LogP contribution in [0.15, 0.2) is 78.9 Å². The molecule has 3 saturated heterocycles. The molecule has 0 radical (unpaired) electrons. The van der Waals surface area contributed by atoms with Gasteiger partial charge in [-0.1, -0.05) is 60.7 Å². The van der Waals surface area contributed by atoms with Crippen LogP contribution in [0.25, 0.3) is 0 Å². The predicted molar refractivity (Wildman–Crippen MR) is 140 cm³/mol. The molecule has 6 rings (SSSR count). The Balaban J connectivity index is 1.52. The highest BCUT2D eigenvalue weighted by Gasteiger charge is 2.52. The van der Waals surface area contributed by atoms with Gasteiger partial charge in [0.15, 0.2) is 0 Å². The summed E-state index contributed by atoms with van der Waals surface area (Å²) in [6, 6.07) is 24.0. The Bertz CT molecular complexity index is 1230. The molecular weight excluding hydrogens is 509 g/mol. The van der Waals surface area contributed by atoms with Crippen molar-refractivity contribution < 1.29 is 32.5 Å². The Morgan fingerprint density at radius 1 is 1.05 bits per heavy atom. The van der Waals surface area contributed by atoms with Crippen LogP contribution in [0.5, 0.6) is 11.5 Å². The predicted octanol–water partition coefficient (Wildman–Crippen LogP) is 5.29. The lowest BCUT2D eigenvalue weighted by molar-refractivity contribution is -0.274. The molecule has 0 spiro atoms. The van der Waals surface area contributed by atoms with Crippen LogP contribution in [0.4, 0.5) is 13.2 Å². The Hall–Kier alpha value is -3.56. The molecule has 3 aromatic rings. The monoisotopic (exact) mass is 540 g/mol. The lowest BCUT2D eigenvalue weighted by Gasteiger charge is -2.56. The molecule has 2 N–H and O–H groups in total. The number of hydrogen-bond acceptors (Lipinski definition) is 5. The standard InChI is InChI=1S/C30H31F3N2O4/c1-38-25-13-12-22(39-30(31,32)33)16-21(25)17-34-27-23-14-15-35(18-24(23)29(36)37)28(27)26(19-8-4-2-5-9-19)20-10-6-3-7-11-20/h2-13,16,23-24,26-28,34H,14-15,17-18H2,1H3,(H,36,37)/t23-,24-,27-,28+/m0/s1. The van der Waals surface area contributed by atoms with E-state index in [0.717, 1.165) is 24.1 Å². The van der Waals surface area contributed by atoms with Crippen molar-refractivity contribution in [1.29, 1.82) is 0 Å². The highest BCUT2D eigenvalue weighted by molar-refractivity contribution is 5.71. The van der Waals surface area contributed by atoms with Gasteiger partial charge in [0.25, 0.3) is 0 Å². The van der Waals surface area contributed by atoms with Gasteiger partial charge in [0.05, 0.1) is 13.0 Å². The van der Waals surface area contributed by atoms with Crippen molar-refractivity contribution in [2.24, 2.45) is 11.8 Å². The molecule has 3 fully saturated rings. The minimum atomic E-state index is -4.81. The van der Waals surface area contributed by atoms with E-state index < -0.39 is 18.2 Å². The van der Waals surface area contributed by atoms with Crippen molar-refractivity contribution in [3.05, 3.63) is 95.6 Å². The summed E-state index contributed by atoms with van der Waals surface area (Å²) in [6.45, 7) is 1.43. The van der Waals surface area contributed by atoms with Crippen LogP contribution in [-0.2, 0) is 11.3 Å². The molecule has 3 aliphatic rings. The van der Waals surface area contributed by atoms with E-state index in [1.807, 2.05) is 36.4 Å². The maximum atomic E-state index is 12.9. The van der Waals surface area contributed by atoms with Crippen molar-refractivity contribution in [3.63, 3.8) is 0 Å². The number of nitrogens with one attached hydrogen (secondary N) is 1. The topological polar surface area (TPSA) is 71.0 Å². The van der Waals surface area contributed by atoms with E-state index in [1.165, 1.54) is 25.3 Å². The molecule has 6 nitrogen and oxygen atoms in total. The summed E-state index contributed by atoms with van der Waals surface area (Å²) in [5.41, 5.74) is 2.74. The van der Waals surface area contributed by atoms with Crippen molar-refractivity contribution in [2.45, 2.75) is 37.3 Å². The van der Waals surface area contributed by atoms with Crippen LogP contribution in [0.2, 0.25) is 0 Å². The zero-order chi connectivity index (χ0) is 27.6. The van der Waals surface area contributed by atoms with Gasteiger partial charge in [-0.15, -0.1) is 13.2 Å². The summed E-state index contributed by atoms with van der Waals surface area (Å²) in [7, 11) is 1.46. The molecule has 3 aliphatic heterocycles. The fourth-order valence-corrected chi connectivity index (χ4v) is 6.35. The number of ether oxygens (including phenoxy) is 2. The molecule has 39 heavy (non-hydrogen) atoms. The second-order valence-corrected chi connectivity index (χ2v) is 10.1. The normalized spacial score (nSPS) is 24.5. The Labute approximate surface area is 225 Å². The van der Waals surface area contributed by atoms with E-state index in [1.54, 1.807) is 0 Å². The molecule has 3 aromatic carbocycles. The third-order valence-corrected chi connectivity index (χ3v) is 7.94. The van der Waals surface area contributed by atoms with E-state index in [9.17, 15) is 23.1 Å². The number of alkyl halides is 3. The zero-order valence-corrected chi connectivity index (χ0v) is 21.5.